The van der Waals surface area contributed by atoms with Crippen molar-refractivity contribution in [1.29, 1.82) is 0 Å². The quantitative estimate of drug-likeness (QED) is 0.601. The lowest BCUT2D eigenvalue weighted by atomic mass is 9.89. The van der Waals surface area contributed by atoms with E-state index in [2.05, 4.69) is 70.5 Å². The maximum atomic E-state index is 3.54. The zero-order valence-corrected chi connectivity index (χ0v) is 15.0. The van der Waals surface area contributed by atoms with E-state index in [1.54, 1.807) is 0 Å². The molecular weight excluding hydrogens is 304 g/mol. The Morgan fingerprint density at radius 1 is 0.880 bits per heavy atom. The molecule has 4 rings (SSSR count). The van der Waals surface area contributed by atoms with Crippen LogP contribution in [0.25, 0.3) is 10.9 Å². The predicted molar refractivity (Wildman–Crippen MR) is 106 cm³/mol. The number of hydrogen-bond donors (Lipinski definition) is 1. The van der Waals surface area contributed by atoms with Gasteiger partial charge in [-0.3, -0.25) is 0 Å². The number of hydrogen-bond acceptors (Lipinski definition) is 1. The Bertz CT molecular complexity index is 749. The molecule has 25 heavy (non-hydrogen) atoms. The third-order valence-corrected chi connectivity index (χ3v) is 5.61. The third-order valence-electron chi connectivity index (χ3n) is 5.61. The first-order valence-electron chi connectivity index (χ1n) is 9.72. The van der Waals surface area contributed by atoms with E-state index in [1.165, 1.54) is 67.5 Å². The fraction of sp³-hybridized carbons (Fsp3) is 0.391. The summed E-state index contributed by atoms with van der Waals surface area (Å²) in [6.45, 7) is 3.76. The third kappa shape index (κ3) is 4.13. The normalized spacial score (nSPS) is 16.5. The van der Waals surface area contributed by atoms with Gasteiger partial charge in [0.25, 0.3) is 0 Å². The Labute approximate surface area is 150 Å². The largest absolute Gasteiger partial charge is 0.358 e. The Kier molecular flexibility index (Phi) is 5.17. The molecule has 0 amide bonds. The summed E-state index contributed by atoms with van der Waals surface area (Å²) >= 11 is 0. The van der Waals surface area contributed by atoms with Crippen LogP contribution >= 0.6 is 0 Å². The molecule has 1 saturated heterocycles. The molecule has 0 atom stereocenters. The van der Waals surface area contributed by atoms with Gasteiger partial charge >= 0.3 is 0 Å². The topological polar surface area (TPSA) is 19.0 Å². The Hall–Kier alpha value is -2.06. The van der Waals surface area contributed by atoms with Crippen LogP contribution in [0.1, 0.15) is 42.9 Å². The summed E-state index contributed by atoms with van der Waals surface area (Å²) in [6, 6.07) is 21.9. The molecule has 2 heteroatoms. The molecule has 0 aliphatic carbocycles. The molecule has 2 nitrogen and oxygen atoms in total. The van der Waals surface area contributed by atoms with Crippen LogP contribution in [-0.2, 0) is 6.42 Å². The van der Waals surface area contributed by atoms with Crippen LogP contribution in [0.5, 0.6) is 0 Å². The number of likely N-dealkylation sites (tertiary alicyclic amines) is 1. The molecule has 130 valence electrons. The van der Waals surface area contributed by atoms with Crippen LogP contribution in [0, 0.1) is 0 Å². The van der Waals surface area contributed by atoms with Gasteiger partial charge in [0.2, 0.25) is 0 Å². The lowest BCUT2D eigenvalue weighted by molar-refractivity contribution is 0.209. The molecule has 3 aromatic rings. The minimum Gasteiger partial charge on any atom is -0.358 e. The fourth-order valence-corrected chi connectivity index (χ4v) is 4.13. The molecule has 1 N–H and O–H groups in total. The Morgan fingerprint density at radius 3 is 2.44 bits per heavy atom. The van der Waals surface area contributed by atoms with Gasteiger partial charge < -0.3 is 9.88 Å². The van der Waals surface area contributed by atoms with E-state index in [0.29, 0.717) is 0 Å². The summed E-state index contributed by atoms with van der Waals surface area (Å²) in [6.07, 6.45) is 6.35. The highest BCUT2D eigenvalue weighted by Gasteiger charge is 2.19. The van der Waals surface area contributed by atoms with E-state index < -0.39 is 0 Å². The van der Waals surface area contributed by atoms with E-state index >= 15 is 0 Å². The average molecular weight is 332 g/mol. The predicted octanol–water partition coefficient (Wildman–Crippen LogP) is 5.37. The van der Waals surface area contributed by atoms with E-state index in [1.807, 2.05) is 0 Å². The zero-order chi connectivity index (χ0) is 16.9. The molecule has 1 aromatic heterocycles. The van der Waals surface area contributed by atoms with Crippen LogP contribution < -0.4 is 0 Å². The minimum absolute atomic E-state index is 0.767. The molecule has 0 saturated carbocycles. The number of unbranched alkanes of at least 4 members (excludes halogenated alkanes) is 1. The standard InChI is InChI=1S/C23H28N2/c1-2-8-19(9-3-1)20-13-16-25(17-14-20)15-7-6-11-22-18-21-10-4-5-12-23(21)24-22/h1-5,8-10,12,18,20,24H,6-7,11,13-17H2. The van der Waals surface area contributed by atoms with Gasteiger partial charge in [-0.25, -0.2) is 0 Å². The zero-order valence-electron chi connectivity index (χ0n) is 15.0. The molecule has 0 radical (unpaired) electrons. The van der Waals surface area contributed by atoms with Crippen LogP contribution in [0.3, 0.4) is 0 Å². The molecular formula is C23H28N2. The number of fused-ring (bicyclic) bond motifs is 1. The van der Waals surface area contributed by atoms with Gasteiger partial charge in [0, 0.05) is 11.2 Å². The second-order valence-electron chi connectivity index (χ2n) is 7.37. The number of nitrogens with one attached hydrogen (secondary N) is 1. The van der Waals surface area contributed by atoms with Crippen molar-refractivity contribution < 1.29 is 0 Å². The molecule has 2 aromatic carbocycles. The second-order valence-corrected chi connectivity index (χ2v) is 7.37. The van der Waals surface area contributed by atoms with Crippen molar-refractivity contribution in [3.8, 4) is 0 Å². The lowest BCUT2D eigenvalue weighted by Crippen LogP contribution is -2.33. The van der Waals surface area contributed by atoms with Gasteiger partial charge in [-0.2, -0.15) is 0 Å². The fourth-order valence-electron chi connectivity index (χ4n) is 4.13. The first-order chi connectivity index (χ1) is 12.4. The summed E-state index contributed by atoms with van der Waals surface area (Å²) < 4.78 is 0. The smallest absolute Gasteiger partial charge is 0.0456 e. The van der Waals surface area contributed by atoms with E-state index in [9.17, 15) is 0 Å². The van der Waals surface area contributed by atoms with Crippen molar-refractivity contribution in [2.75, 3.05) is 19.6 Å². The molecule has 0 bridgehead atoms. The number of piperidine rings is 1. The molecule has 2 heterocycles. The van der Waals surface area contributed by atoms with Gasteiger partial charge in [-0.05, 0) is 80.7 Å². The molecule has 0 spiro atoms. The molecule has 1 aliphatic heterocycles. The van der Waals surface area contributed by atoms with Crippen molar-refractivity contribution in [2.24, 2.45) is 0 Å². The molecule has 0 unspecified atom stereocenters. The van der Waals surface area contributed by atoms with E-state index in [-0.39, 0.29) is 0 Å². The van der Waals surface area contributed by atoms with E-state index in [4.69, 9.17) is 0 Å². The number of para-hydroxylation sites is 1. The Morgan fingerprint density at radius 2 is 1.64 bits per heavy atom. The maximum Gasteiger partial charge on any atom is 0.0456 e. The van der Waals surface area contributed by atoms with Gasteiger partial charge in [0.15, 0.2) is 0 Å². The highest BCUT2D eigenvalue weighted by Crippen LogP contribution is 2.27. The summed E-state index contributed by atoms with van der Waals surface area (Å²) in [5, 5.41) is 1.33. The average Bonchev–Trinajstić information content (AvgIpc) is 3.09. The monoisotopic (exact) mass is 332 g/mol. The van der Waals surface area contributed by atoms with Crippen molar-refractivity contribution >= 4 is 10.9 Å². The van der Waals surface area contributed by atoms with Crippen LogP contribution in [0.2, 0.25) is 0 Å². The van der Waals surface area contributed by atoms with Gasteiger partial charge in [0.1, 0.15) is 0 Å². The van der Waals surface area contributed by atoms with Crippen LogP contribution in [0.15, 0.2) is 60.7 Å². The van der Waals surface area contributed by atoms with Crippen molar-refractivity contribution in [3.63, 3.8) is 0 Å². The first-order valence-corrected chi connectivity index (χ1v) is 9.72. The van der Waals surface area contributed by atoms with Crippen molar-refractivity contribution in [3.05, 3.63) is 71.9 Å². The van der Waals surface area contributed by atoms with Crippen LogP contribution in [0.4, 0.5) is 0 Å². The number of aromatic nitrogens is 1. The SMILES string of the molecule is c1ccc(C2CCN(CCCCc3cc4ccccc4[nH]3)CC2)cc1. The number of H-pyrrole nitrogens is 1. The van der Waals surface area contributed by atoms with Gasteiger partial charge in [0.05, 0.1) is 0 Å². The molecule has 1 fully saturated rings. The van der Waals surface area contributed by atoms with Crippen molar-refractivity contribution in [2.45, 2.75) is 38.0 Å². The highest BCUT2D eigenvalue weighted by molar-refractivity contribution is 5.80. The number of aryl methyl sites for hydroxylation is 1. The summed E-state index contributed by atoms with van der Waals surface area (Å²) in [5.41, 5.74) is 4.17. The van der Waals surface area contributed by atoms with Gasteiger partial charge in [-0.1, -0.05) is 48.5 Å². The maximum absolute atomic E-state index is 3.54. The first kappa shape index (κ1) is 16.4. The molecule has 1 aliphatic rings. The number of benzene rings is 2. The summed E-state index contributed by atoms with van der Waals surface area (Å²) in [7, 11) is 0. The number of rotatable bonds is 6. The minimum atomic E-state index is 0.767. The van der Waals surface area contributed by atoms with Crippen LogP contribution in [-0.4, -0.2) is 29.5 Å². The number of nitrogens with zero attached hydrogens (tertiary/aromatic N) is 1. The second kappa shape index (κ2) is 7.88. The van der Waals surface area contributed by atoms with Gasteiger partial charge in [-0.15, -0.1) is 0 Å². The van der Waals surface area contributed by atoms with Crippen molar-refractivity contribution in [1.82, 2.24) is 9.88 Å². The lowest BCUT2D eigenvalue weighted by Gasteiger charge is -2.32. The van der Waals surface area contributed by atoms with E-state index in [0.717, 1.165) is 12.3 Å². The Balaban J connectivity index is 1.18. The summed E-state index contributed by atoms with van der Waals surface area (Å²) in [4.78, 5) is 6.20. The summed E-state index contributed by atoms with van der Waals surface area (Å²) in [5.74, 6) is 0.767. The number of aromatic amines is 1. The highest BCUT2D eigenvalue weighted by atomic mass is 15.1.